The van der Waals surface area contributed by atoms with Crippen molar-refractivity contribution in [2.75, 3.05) is 0 Å². The lowest BCUT2D eigenvalue weighted by molar-refractivity contribution is -0.145. The Kier molecular flexibility index (Phi) is 5.63. The van der Waals surface area contributed by atoms with E-state index in [1.54, 1.807) is 0 Å². The van der Waals surface area contributed by atoms with Gasteiger partial charge in [-0.1, -0.05) is 0 Å². The first kappa shape index (κ1) is 18.3. The van der Waals surface area contributed by atoms with Crippen LogP contribution in [0.3, 0.4) is 0 Å². The molecule has 0 aliphatic heterocycles. The average Bonchev–Trinajstić information content (AvgIpc) is 2.60. The van der Waals surface area contributed by atoms with Crippen LogP contribution in [-0.4, -0.2) is 20.9 Å². The topological polar surface area (TPSA) is 87.4 Å². The Labute approximate surface area is 142 Å². The maximum Gasteiger partial charge on any atom is 0.330 e. The molecule has 0 atom stereocenters. The van der Waals surface area contributed by atoms with Gasteiger partial charge in [-0.15, -0.1) is 0 Å². The molecule has 0 N–H and O–H groups in total. The van der Waals surface area contributed by atoms with Gasteiger partial charge in [-0.25, -0.2) is 9.18 Å². The molecule has 25 heavy (non-hydrogen) atoms. The van der Waals surface area contributed by atoms with Gasteiger partial charge in [0.05, 0.1) is 12.1 Å². The summed E-state index contributed by atoms with van der Waals surface area (Å²) in [4.78, 5) is 47.0. The summed E-state index contributed by atoms with van der Waals surface area (Å²) in [5.74, 6) is -1.39. The van der Waals surface area contributed by atoms with Crippen molar-refractivity contribution in [2.24, 2.45) is 14.1 Å². The molecule has 0 amide bonds. The third-order valence-electron chi connectivity index (χ3n) is 3.73. The number of Topliss-reactive ketones (excluding diaryl/α,β-unsaturated/α-hetero) is 1. The minimum Gasteiger partial charge on any atom is -0.459 e. The molecule has 0 aliphatic rings. The van der Waals surface area contributed by atoms with Gasteiger partial charge in [0.25, 0.3) is 5.56 Å². The highest BCUT2D eigenvalue weighted by Gasteiger charge is 2.12. The van der Waals surface area contributed by atoms with E-state index in [0.29, 0.717) is 5.56 Å². The third kappa shape index (κ3) is 4.50. The smallest absolute Gasteiger partial charge is 0.330 e. The molecule has 132 valence electrons. The van der Waals surface area contributed by atoms with Crippen LogP contribution in [0.25, 0.3) is 0 Å². The molecule has 0 saturated heterocycles. The van der Waals surface area contributed by atoms with Gasteiger partial charge in [-0.3, -0.25) is 23.5 Å². The SMILES string of the molecule is Cn1c(COC(=O)CCC(=O)c2ccc(F)cc2)cc(=O)n(C)c1=O. The van der Waals surface area contributed by atoms with Crippen LogP contribution in [0.15, 0.2) is 39.9 Å². The Morgan fingerprint density at radius 2 is 1.68 bits per heavy atom. The minimum atomic E-state index is -0.636. The molecule has 0 fully saturated rings. The predicted molar refractivity (Wildman–Crippen MR) is 86.7 cm³/mol. The van der Waals surface area contributed by atoms with E-state index in [2.05, 4.69) is 0 Å². The predicted octanol–water partition coefficient (Wildman–Crippen LogP) is 0.929. The number of carbonyl (C=O) groups excluding carboxylic acids is 2. The van der Waals surface area contributed by atoms with E-state index in [4.69, 9.17) is 4.74 Å². The van der Waals surface area contributed by atoms with Crippen molar-refractivity contribution in [3.8, 4) is 0 Å². The summed E-state index contributed by atoms with van der Waals surface area (Å²) >= 11 is 0. The number of nitrogens with zero attached hydrogens (tertiary/aromatic N) is 2. The molecule has 1 aromatic carbocycles. The molecule has 0 bridgehead atoms. The summed E-state index contributed by atoms with van der Waals surface area (Å²) in [6, 6.07) is 6.24. The van der Waals surface area contributed by atoms with Crippen molar-refractivity contribution in [3.05, 3.63) is 68.2 Å². The fraction of sp³-hybridized carbons (Fsp3) is 0.294. The number of aromatic nitrogens is 2. The van der Waals surface area contributed by atoms with Gasteiger partial charge in [0.1, 0.15) is 12.4 Å². The van der Waals surface area contributed by atoms with Gasteiger partial charge in [-0.2, -0.15) is 0 Å². The molecule has 7 nitrogen and oxygen atoms in total. The van der Waals surface area contributed by atoms with Gasteiger partial charge in [0.2, 0.25) is 0 Å². The second kappa shape index (κ2) is 7.69. The molecule has 0 saturated carbocycles. The average molecular weight is 348 g/mol. The Morgan fingerprint density at radius 1 is 1.04 bits per heavy atom. The zero-order chi connectivity index (χ0) is 18.6. The van der Waals surface area contributed by atoms with Gasteiger partial charge < -0.3 is 4.74 Å². The molecule has 1 aromatic heterocycles. The van der Waals surface area contributed by atoms with Crippen molar-refractivity contribution >= 4 is 11.8 Å². The van der Waals surface area contributed by atoms with E-state index in [0.717, 1.165) is 4.57 Å². The van der Waals surface area contributed by atoms with Crippen LogP contribution in [0.4, 0.5) is 4.39 Å². The van der Waals surface area contributed by atoms with Gasteiger partial charge in [0.15, 0.2) is 5.78 Å². The summed E-state index contributed by atoms with van der Waals surface area (Å²) < 4.78 is 20.0. The van der Waals surface area contributed by atoms with Crippen LogP contribution in [-0.2, 0) is 30.2 Å². The molecule has 2 rings (SSSR count). The van der Waals surface area contributed by atoms with Crippen LogP contribution in [0, 0.1) is 5.82 Å². The van der Waals surface area contributed by atoms with Crippen LogP contribution in [0.1, 0.15) is 28.9 Å². The van der Waals surface area contributed by atoms with Crippen molar-refractivity contribution in [1.29, 1.82) is 0 Å². The molecule has 0 aliphatic carbocycles. The summed E-state index contributed by atoms with van der Waals surface area (Å²) in [6.45, 7) is -0.245. The van der Waals surface area contributed by atoms with Gasteiger partial charge in [-0.05, 0) is 24.3 Å². The third-order valence-corrected chi connectivity index (χ3v) is 3.73. The van der Waals surface area contributed by atoms with E-state index in [9.17, 15) is 23.6 Å². The van der Waals surface area contributed by atoms with Crippen molar-refractivity contribution in [1.82, 2.24) is 9.13 Å². The fourth-order valence-electron chi connectivity index (χ4n) is 2.14. The summed E-state index contributed by atoms with van der Waals surface area (Å²) in [5.41, 5.74) is -0.458. The van der Waals surface area contributed by atoms with Crippen molar-refractivity contribution in [3.63, 3.8) is 0 Å². The Hall–Kier alpha value is -3.03. The molecule has 0 spiro atoms. The van der Waals surface area contributed by atoms with E-state index in [1.807, 2.05) is 0 Å². The number of hydrogen-bond acceptors (Lipinski definition) is 5. The monoisotopic (exact) mass is 348 g/mol. The van der Waals surface area contributed by atoms with E-state index in [1.165, 1.54) is 49.0 Å². The van der Waals surface area contributed by atoms with Gasteiger partial charge in [0, 0.05) is 32.1 Å². The normalized spacial score (nSPS) is 10.5. The van der Waals surface area contributed by atoms with Crippen molar-refractivity contribution < 1.29 is 18.7 Å². The van der Waals surface area contributed by atoms with E-state index < -0.39 is 23.0 Å². The number of halogens is 1. The highest BCUT2D eigenvalue weighted by atomic mass is 19.1. The molecule has 2 aromatic rings. The number of carbonyl (C=O) groups is 2. The fourth-order valence-corrected chi connectivity index (χ4v) is 2.14. The van der Waals surface area contributed by atoms with Crippen LogP contribution < -0.4 is 11.2 Å². The van der Waals surface area contributed by atoms with Crippen LogP contribution in [0.2, 0.25) is 0 Å². The maximum atomic E-state index is 12.8. The van der Waals surface area contributed by atoms with Gasteiger partial charge >= 0.3 is 11.7 Å². The second-order valence-electron chi connectivity index (χ2n) is 5.47. The lowest BCUT2D eigenvalue weighted by Gasteiger charge is -2.10. The molecule has 8 heteroatoms. The first-order chi connectivity index (χ1) is 11.8. The lowest BCUT2D eigenvalue weighted by Crippen LogP contribution is -2.38. The number of benzene rings is 1. The number of ether oxygens (including phenoxy) is 1. The standard InChI is InChI=1S/C17H17FN2O5/c1-19-13(9-15(22)20(2)17(19)24)10-25-16(23)8-7-14(21)11-3-5-12(18)6-4-11/h3-6,9H,7-8,10H2,1-2H3. The summed E-state index contributed by atoms with van der Waals surface area (Å²) in [5, 5.41) is 0. The van der Waals surface area contributed by atoms with E-state index in [-0.39, 0.29) is 30.9 Å². The number of ketones is 1. The zero-order valence-corrected chi connectivity index (χ0v) is 13.8. The van der Waals surface area contributed by atoms with Crippen LogP contribution in [0.5, 0.6) is 0 Å². The summed E-state index contributed by atoms with van der Waals surface area (Å²) in [7, 11) is 2.81. The number of hydrogen-bond donors (Lipinski definition) is 0. The zero-order valence-electron chi connectivity index (χ0n) is 13.8. The number of rotatable bonds is 6. The quantitative estimate of drug-likeness (QED) is 0.572. The summed E-state index contributed by atoms with van der Waals surface area (Å²) in [6.07, 6.45) is -0.241. The van der Waals surface area contributed by atoms with E-state index >= 15 is 0 Å². The Bertz CT molecular complexity index is 912. The Morgan fingerprint density at radius 3 is 2.32 bits per heavy atom. The lowest BCUT2D eigenvalue weighted by atomic mass is 10.1. The molecule has 1 heterocycles. The first-order valence-electron chi connectivity index (χ1n) is 7.50. The molecule has 0 radical (unpaired) electrons. The molecular formula is C17H17FN2O5. The maximum absolute atomic E-state index is 12.8. The highest BCUT2D eigenvalue weighted by molar-refractivity contribution is 5.97. The molecular weight excluding hydrogens is 331 g/mol. The van der Waals surface area contributed by atoms with Crippen LogP contribution >= 0.6 is 0 Å². The number of esters is 1. The second-order valence-corrected chi connectivity index (χ2v) is 5.47. The minimum absolute atomic E-state index is 0.0834. The Balaban J connectivity index is 1.91. The van der Waals surface area contributed by atoms with Crippen molar-refractivity contribution in [2.45, 2.75) is 19.4 Å². The first-order valence-corrected chi connectivity index (χ1v) is 7.50. The largest absolute Gasteiger partial charge is 0.459 e. The highest BCUT2D eigenvalue weighted by Crippen LogP contribution is 2.08. The molecule has 0 unspecified atom stereocenters.